The summed E-state index contributed by atoms with van der Waals surface area (Å²) >= 11 is 0. The summed E-state index contributed by atoms with van der Waals surface area (Å²) in [5.41, 5.74) is 0. The minimum absolute atomic E-state index is 0.0933. The molecule has 0 aliphatic carbocycles. The first-order chi connectivity index (χ1) is 17.1. The van der Waals surface area contributed by atoms with E-state index in [0.29, 0.717) is 12.8 Å². The molecule has 0 aromatic rings. The van der Waals surface area contributed by atoms with Gasteiger partial charge in [0.1, 0.15) is 6.10 Å². The lowest BCUT2D eigenvalue weighted by molar-refractivity contribution is -0.153. The van der Waals surface area contributed by atoms with Gasteiger partial charge >= 0.3 is 11.9 Å². The van der Waals surface area contributed by atoms with Crippen LogP contribution in [-0.2, 0) is 14.3 Å². The molecule has 0 aliphatic heterocycles. The average Bonchev–Trinajstić information content (AvgIpc) is 2.82. The third-order valence-corrected chi connectivity index (χ3v) is 5.79. The van der Waals surface area contributed by atoms with Gasteiger partial charge in [-0.3, -0.25) is 9.59 Å². The molecule has 200 valence electrons. The molecule has 4 heteroatoms. The first kappa shape index (κ1) is 32.9. The summed E-state index contributed by atoms with van der Waals surface area (Å²) in [6.45, 7) is 4.37. The number of hydrogen-bond donors (Lipinski definition) is 1. The van der Waals surface area contributed by atoms with Crippen LogP contribution in [0.1, 0.15) is 129 Å². The van der Waals surface area contributed by atoms with Gasteiger partial charge < -0.3 is 9.84 Å². The number of rotatable bonds is 24. The summed E-state index contributed by atoms with van der Waals surface area (Å²) in [7, 11) is 0. The third kappa shape index (κ3) is 26.3. The minimum atomic E-state index is -0.905. The summed E-state index contributed by atoms with van der Waals surface area (Å²) in [5, 5.41) is 9.04. The molecule has 0 rings (SSSR count). The predicted octanol–water partition coefficient (Wildman–Crippen LogP) is 9.27. The van der Waals surface area contributed by atoms with Crippen LogP contribution in [0.15, 0.2) is 48.6 Å². The largest absolute Gasteiger partial charge is 0.481 e. The number of carbonyl (C=O) groups is 2. The van der Waals surface area contributed by atoms with E-state index in [4.69, 9.17) is 9.84 Å². The van der Waals surface area contributed by atoms with Crippen molar-refractivity contribution >= 4 is 11.9 Å². The van der Waals surface area contributed by atoms with Crippen LogP contribution in [0.5, 0.6) is 0 Å². The van der Waals surface area contributed by atoms with Gasteiger partial charge in [0.25, 0.3) is 0 Å². The maximum absolute atomic E-state index is 12.1. The molecule has 0 fully saturated rings. The van der Waals surface area contributed by atoms with Crippen molar-refractivity contribution < 1.29 is 19.4 Å². The number of carbonyl (C=O) groups excluding carboxylic acids is 1. The lowest BCUT2D eigenvalue weighted by Crippen LogP contribution is -2.21. The van der Waals surface area contributed by atoms with Gasteiger partial charge in [-0.15, -0.1) is 0 Å². The molecule has 0 aromatic heterocycles. The van der Waals surface area contributed by atoms with Crippen molar-refractivity contribution in [3.05, 3.63) is 48.6 Å². The number of carboxylic acid groups (broad SMARTS) is 1. The Bertz CT molecular complexity index is 615. The molecule has 0 heterocycles. The van der Waals surface area contributed by atoms with Gasteiger partial charge in [-0.05, 0) is 64.2 Å². The SMILES string of the molecule is CCCCC/C=C\C/C=C\C/C=C\C/C=C\CCCCCC(=O)OC(CCCCCC)CC(=O)O. The number of ether oxygens (including phenoxy) is 1. The second-order valence-electron chi connectivity index (χ2n) is 9.25. The van der Waals surface area contributed by atoms with Crippen LogP contribution in [0, 0.1) is 0 Å². The lowest BCUT2D eigenvalue weighted by atomic mass is 10.1. The highest BCUT2D eigenvalue weighted by Gasteiger charge is 2.17. The zero-order valence-corrected chi connectivity index (χ0v) is 22.6. The Morgan fingerprint density at radius 3 is 1.69 bits per heavy atom. The summed E-state index contributed by atoms with van der Waals surface area (Å²) < 4.78 is 5.43. The summed E-state index contributed by atoms with van der Waals surface area (Å²) in [6.07, 6.45) is 34.4. The molecule has 1 N–H and O–H groups in total. The van der Waals surface area contributed by atoms with Crippen LogP contribution in [0.25, 0.3) is 0 Å². The number of carboxylic acids is 1. The van der Waals surface area contributed by atoms with E-state index in [1.165, 1.54) is 25.7 Å². The molecule has 0 bridgehead atoms. The van der Waals surface area contributed by atoms with E-state index in [-0.39, 0.29) is 12.4 Å². The minimum Gasteiger partial charge on any atom is -0.481 e. The standard InChI is InChI=1S/C31H52O4/c1-3-5-7-9-10-11-12-13-14-15-16-17-18-19-20-21-22-23-25-27-31(34)35-29(28-30(32)33)26-24-8-6-4-2/h10-11,13-14,16-17,19-20,29H,3-9,12,15,18,21-28H2,1-2H3,(H,32,33)/b11-10-,14-13-,17-16-,20-19-. The van der Waals surface area contributed by atoms with Crippen LogP contribution in [0.2, 0.25) is 0 Å². The van der Waals surface area contributed by atoms with Crippen LogP contribution >= 0.6 is 0 Å². The molecule has 0 spiro atoms. The fourth-order valence-corrected chi connectivity index (χ4v) is 3.71. The van der Waals surface area contributed by atoms with E-state index >= 15 is 0 Å². The molecule has 0 aromatic carbocycles. The van der Waals surface area contributed by atoms with Crippen molar-refractivity contribution in [3.8, 4) is 0 Å². The molecule has 0 saturated heterocycles. The second kappa shape index (κ2) is 26.5. The number of esters is 1. The van der Waals surface area contributed by atoms with Gasteiger partial charge in [0.2, 0.25) is 0 Å². The molecule has 0 amide bonds. The van der Waals surface area contributed by atoms with Gasteiger partial charge in [-0.2, -0.15) is 0 Å². The van der Waals surface area contributed by atoms with Crippen molar-refractivity contribution in [2.45, 2.75) is 136 Å². The van der Waals surface area contributed by atoms with Gasteiger partial charge in [0.15, 0.2) is 0 Å². The molecule has 1 atom stereocenters. The Kier molecular flexibility index (Phi) is 24.9. The molecule has 0 radical (unpaired) electrons. The van der Waals surface area contributed by atoms with Gasteiger partial charge in [-0.1, -0.05) is 101 Å². The van der Waals surface area contributed by atoms with Crippen LogP contribution in [-0.4, -0.2) is 23.1 Å². The second-order valence-corrected chi connectivity index (χ2v) is 9.25. The Hall–Kier alpha value is -2.10. The Morgan fingerprint density at radius 2 is 1.14 bits per heavy atom. The van der Waals surface area contributed by atoms with E-state index in [1.54, 1.807) is 0 Å². The molecule has 0 aliphatic rings. The molecular weight excluding hydrogens is 436 g/mol. The van der Waals surface area contributed by atoms with E-state index < -0.39 is 12.1 Å². The van der Waals surface area contributed by atoms with E-state index in [1.807, 2.05) is 0 Å². The highest BCUT2D eigenvalue weighted by Crippen LogP contribution is 2.14. The van der Waals surface area contributed by atoms with Gasteiger partial charge in [-0.25, -0.2) is 0 Å². The first-order valence-corrected chi connectivity index (χ1v) is 14.1. The third-order valence-electron chi connectivity index (χ3n) is 5.79. The Morgan fingerprint density at radius 1 is 0.657 bits per heavy atom. The predicted molar refractivity (Wildman–Crippen MR) is 149 cm³/mol. The van der Waals surface area contributed by atoms with Gasteiger partial charge in [0.05, 0.1) is 6.42 Å². The lowest BCUT2D eigenvalue weighted by Gasteiger charge is -2.16. The molecule has 4 nitrogen and oxygen atoms in total. The van der Waals surface area contributed by atoms with Crippen LogP contribution in [0.3, 0.4) is 0 Å². The maximum Gasteiger partial charge on any atom is 0.307 e. The van der Waals surface area contributed by atoms with Crippen LogP contribution < -0.4 is 0 Å². The van der Waals surface area contributed by atoms with Crippen molar-refractivity contribution in [2.24, 2.45) is 0 Å². The Balaban J connectivity index is 3.73. The monoisotopic (exact) mass is 488 g/mol. The topological polar surface area (TPSA) is 63.6 Å². The number of unbranched alkanes of at least 4 members (excludes halogenated alkanes) is 9. The highest BCUT2D eigenvalue weighted by atomic mass is 16.5. The number of hydrogen-bond acceptors (Lipinski definition) is 3. The van der Waals surface area contributed by atoms with Gasteiger partial charge in [0, 0.05) is 6.42 Å². The summed E-state index contributed by atoms with van der Waals surface area (Å²) in [5.74, 6) is -1.17. The van der Waals surface area contributed by atoms with Crippen molar-refractivity contribution in [2.75, 3.05) is 0 Å². The molecule has 35 heavy (non-hydrogen) atoms. The van der Waals surface area contributed by atoms with Crippen LogP contribution in [0.4, 0.5) is 0 Å². The molecule has 0 saturated carbocycles. The van der Waals surface area contributed by atoms with Crippen molar-refractivity contribution in [1.82, 2.24) is 0 Å². The first-order valence-electron chi connectivity index (χ1n) is 14.1. The number of allylic oxidation sites excluding steroid dienone is 8. The zero-order chi connectivity index (χ0) is 25.8. The molecule has 1 unspecified atom stereocenters. The van der Waals surface area contributed by atoms with Crippen molar-refractivity contribution in [3.63, 3.8) is 0 Å². The van der Waals surface area contributed by atoms with E-state index in [9.17, 15) is 9.59 Å². The van der Waals surface area contributed by atoms with E-state index in [2.05, 4.69) is 62.5 Å². The summed E-state index contributed by atoms with van der Waals surface area (Å²) in [6, 6.07) is 0. The highest BCUT2D eigenvalue weighted by molar-refractivity contribution is 5.71. The zero-order valence-electron chi connectivity index (χ0n) is 22.6. The normalized spacial score (nSPS) is 13.0. The fraction of sp³-hybridized carbons (Fsp3) is 0.677. The quantitative estimate of drug-likeness (QED) is 0.0835. The fourth-order valence-electron chi connectivity index (χ4n) is 3.71. The average molecular weight is 489 g/mol. The smallest absolute Gasteiger partial charge is 0.307 e. The number of aliphatic carboxylic acids is 1. The van der Waals surface area contributed by atoms with Crippen molar-refractivity contribution in [1.29, 1.82) is 0 Å². The maximum atomic E-state index is 12.1. The summed E-state index contributed by atoms with van der Waals surface area (Å²) in [4.78, 5) is 23.1. The Labute approximate surface area is 215 Å². The molecular formula is C31H52O4. The van der Waals surface area contributed by atoms with E-state index in [0.717, 1.165) is 70.6 Å².